The molecule has 5 nitrogen and oxygen atoms in total. The number of carboxylic acids is 1. The van der Waals surface area contributed by atoms with Crippen LogP contribution in [0.4, 0.5) is 11.4 Å². The number of nitrogens with zero attached hydrogens (tertiary/aromatic N) is 1. The minimum Gasteiger partial charge on any atom is -0.478 e. The maximum atomic E-state index is 13.1. The summed E-state index contributed by atoms with van der Waals surface area (Å²) in [4.78, 5) is 14.5. The molecule has 0 saturated heterocycles. The first-order chi connectivity index (χ1) is 15.4. The number of rotatable bonds is 7. The Bertz CT molecular complexity index is 929. The third kappa shape index (κ3) is 7.14. The van der Waals surface area contributed by atoms with Crippen molar-refractivity contribution in [2.45, 2.75) is 49.8 Å². The Balaban J connectivity index is 0.000000837. The highest BCUT2D eigenvalue weighted by Crippen LogP contribution is 2.42. The lowest BCUT2D eigenvalue weighted by Crippen LogP contribution is -2.25. The molecule has 32 heavy (non-hydrogen) atoms. The first-order valence-corrected chi connectivity index (χ1v) is 13.5. The van der Waals surface area contributed by atoms with E-state index in [4.69, 9.17) is 9.84 Å². The van der Waals surface area contributed by atoms with E-state index < -0.39 is 16.8 Å². The van der Waals surface area contributed by atoms with Crippen LogP contribution >= 0.6 is 11.8 Å². The number of benzene rings is 2. The number of anilines is 2. The van der Waals surface area contributed by atoms with Gasteiger partial charge in [-0.1, -0.05) is 58.2 Å². The highest BCUT2D eigenvalue weighted by atomic mass is 32.2. The number of ether oxygens (including phenoxy) is 1. The summed E-state index contributed by atoms with van der Waals surface area (Å²) in [5.41, 5.74) is 1.98. The van der Waals surface area contributed by atoms with Gasteiger partial charge in [0.2, 0.25) is 0 Å². The monoisotopic (exact) mass is 475 g/mol. The molecule has 7 heteroatoms. The predicted octanol–water partition coefficient (Wildman–Crippen LogP) is 6.48. The summed E-state index contributed by atoms with van der Waals surface area (Å²) in [7, 11) is -1.16. The van der Waals surface area contributed by atoms with E-state index in [9.17, 15) is 9.00 Å². The molecule has 2 atom stereocenters. The predicted molar refractivity (Wildman–Crippen MR) is 135 cm³/mol. The van der Waals surface area contributed by atoms with Crippen molar-refractivity contribution in [2.75, 3.05) is 23.5 Å². The van der Waals surface area contributed by atoms with Crippen LogP contribution in [0, 0.1) is 5.92 Å². The van der Waals surface area contributed by atoms with Crippen LogP contribution in [-0.4, -0.2) is 33.8 Å². The quantitative estimate of drug-likeness (QED) is 0.281. The molecule has 2 unspecified atom stereocenters. The summed E-state index contributed by atoms with van der Waals surface area (Å²) < 4.78 is 18.6. The molecule has 1 aliphatic heterocycles. The van der Waals surface area contributed by atoms with Crippen molar-refractivity contribution in [3.8, 4) is 5.75 Å². The Labute approximate surface area is 198 Å². The van der Waals surface area contributed by atoms with Crippen LogP contribution in [0.15, 0.2) is 64.6 Å². The number of carbonyl (C=O) groups is 1. The highest BCUT2D eigenvalue weighted by molar-refractivity contribution is 7.98. The van der Waals surface area contributed by atoms with Gasteiger partial charge in [-0.3, -0.25) is 4.21 Å². The van der Waals surface area contributed by atoms with E-state index in [0.717, 1.165) is 46.5 Å². The molecule has 2 aromatic carbocycles. The second-order valence-electron chi connectivity index (χ2n) is 7.46. The topological polar surface area (TPSA) is 66.8 Å². The zero-order valence-electron chi connectivity index (χ0n) is 19.2. The molecule has 0 aliphatic carbocycles. The minimum atomic E-state index is -1.16. The van der Waals surface area contributed by atoms with Gasteiger partial charge >= 0.3 is 5.97 Å². The van der Waals surface area contributed by atoms with E-state index in [1.807, 2.05) is 30.5 Å². The summed E-state index contributed by atoms with van der Waals surface area (Å²) >= 11 is 1.51. The van der Waals surface area contributed by atoms with Gasteiger partial charge in [0.1, 0.15) is 5.75 Å². The van der Waals surface area contributed by atoms with Crippen molar-refractivity contribution in [2.24, 2.45) is 5.92 Å². The molecule has 1 heterocycles. The number of aliphatic carboxylic acids is 1. The lowest BCUT2D eigenvalue weighted by atomic mass is 10.1. The number of unbranched alkanes of at least 4 members (excludes halogenated alkanes) is 1. The van der Waals surface area contributed by atoms with Gasteiger partial charge in [0.25, 0.3) is 0 Å². The Morgan fingerprint density at radius 1 is 1.22 bits per heavy atom. The maximum absolute atomic E-state index is 13.1. The Morgan fingerprint density at radius 3 is 2.47 bits per heavy atom. The fourth-order valence-corrected chi connectivity index (χ4v) is 5.28. The average Bonchev–Trinajstić information content (AvgIpc) is 2.95. The SMILES string of the molecule is CCC1CN(c2ccccc2)c2cc(SC)c(O/C=C\C(=O)O)cc2S(=O)C1.CCCC. The normalized spacial score (nSPS) is 17.8. The van der Waals surface area contributed by atoms with Crippen molar-refractivity contribution in [1.29, 1.82) is 0 Å². The van der Waals surface area contributed by atoms with E-state index >= 15 is 0 Å². The minimum absolute atomic E-state index is 0.308. The highest BCUT2D eigenvalue weighted by Gasteiger charge is 2.28. The maximum Gasteiger partial charge on any atom is 0.331 e. The molecule has 0 bridgehead atoms. The number of thioether (sulfide) groups is 1. The first kappa shape index (κ1) is 26.0. The third-order valence-electron chi connectivity index (χ3n) is 5.16. The lowest BCUT2D eigenvalue weighted by molar-refractivity contribution is -0.131. The van der Waals surface area contributed by atoms with Gasteiger partial charge in [0.05, 0.1) is 38.6 Å². The van der Waals surface area contributed by atoms with Crippen LogP contribution in [-0.2, 0) is 15.6 Å². The van der Waals surface area contributed by atoms with Crippen molar-refractivity contribution < 1.29 is 18.8 Å². The molecule has 0 amide bonds. The van der Waals surface area contributed by atoms with E-state index in [1.165, 1.54) is 24.6 Å². The Kier molecular flexibility index (Phi) is 10.8. The van der Waals surface area contributed by atoms with Gasteiger partial charge in [-0.05, 0) is 30.4 Å². The molecule has 1 N–H and O–H groups in total. The molecule has 0 radical (unpaired) electrons. The summed E-state index contributed by atoms with van der Waals surface area (Å²) in [6.07, 6.45) is 7.61. The molecule has 174 valence electrons. The van der Waals surface area contributed by atoms with Crippen LogP contribution in [0.2, 0.25) is 0 Å². The van der Waals surface area contributed by atoms with Gasteiger partial charge in [-0.2, -0.15) is 0 Å². The van der Waals surface area contributed by atoms with Crippen LogP contribution in [0.1, 0.15) is 40.0 Å². The fourth-order valence-electron chi connectivity index (χ4n) is 3.15. The van der Waals surface area contributed by atoms with Crippen molar-refractivity contribution in [3.05, 3.63) is 54.8 Å². The number of carboxylic acid groups (broad SMARTS) is 1. The van der Waals surface area contributed by atoms with Crippen molar-refractivity contribution >= 4 is 39.9 Å². The molecule has 0 spiro atoms. The molecular formula is C25H33NO4S2. The first-order valence-electron chi connectivity index (χ1n) is 10.9. The number of para-hydroxylation sites is 1. The largest absolute Gasteiger partial charge is 0.478 e. The smallest absolute Gasteiger partial charge is 0.331 e. The zero-order valence-corrected chi connectivity index (χ0v) is 20.9. The molecule has 2 aromatic rings. The van der Waals surface area contributed by atoms with E-state index in [-0.39, 0.29) is 0 Å². The summed E-state index contributed by atoms with van der Waals surface area (Å²) in [5.74, 6) is 0.336. The van der Waals surface area contributed by atoms with Crippen LogP contribution in [0.3, 0.4) is 0 Å². The van der Waals surface area contributed by atoms with Gasteiger partial charge < -0.3 is 14.7 Å². The van der Waals surface area contributed by atoms with Gasteiger partial charge in [0.15, 0.2) is 0 Å². The summed E-state index contributed by atoms with van der Waals surface area (Å²) in [6, 6.07) is 13.9. The van der Waals surface area contributed by atoms with Gasteiger partial charge in [-0.25, -0.2) is 4.79 Å². The fraction of sp³-hybridized carbons (Fsp3) is 0.400. The lowest BCUT2D eigenvalue weighted by Gasteiger charge is -2.27. The standard InChI is InChI=1S/C21H23NO4S2.C4H10/c1-3-15-13-22(16-7-5-4-6-8-16)17-11-19(27-2)18(26-10-9-21(23)24)12-20(17)28(25)14-15;1-3-4-2/h4-12,15H,3,13-14H2,1-2H3,(H,23,24);3-4H2,1-2H3/b10-9-;. The molecule has 0 saturated carbocycles. The second kappa shape index (κ2) is 13.3. The molecule has 0 aromatic heterocycles. The van der Waals surface area contributed by atoms with Crippen molar-refractivity contribution in [3.63, 3.8) is 0 Å². The number of hydrogen-bond donors (Lipinski definition) is 1. The zero-order chi connectivity index (χ0) is 23.5. The third-order valence-corrected chi connectivity index (χ3v) is 7.51. The van der Waals surface area contributed by atoms with E-state index in [0.29, 0.717) is 17.4 Å². The molecular weight excluding hydrogens is 442 g/mol. The Morgan fingerprint density at radius 2 is 1.91 bits per heavy atom. The molecule has 0 fully saturated rings. The Hall–Kier alpha value is -2.25. The summed E-state index contributed by atoms with van der Waals surface area (Å²) in [6.45, 7) is 7.28. The van der Waals surface area contributed by atoms with Crippen molar-refractivity contribution in [1.82, 2.24) is 0 Å². The van der Waals surface area contributed by atoms with Gasteiger partial charge in [0, 0.05) is 24.1 Å². The van der Waals surface area contributed by atoms with E-state index in [2.05, 4.69) is 37.8 Å². The van der Waals surface area contributed by atoms with Gasteiger partial charge in [-0.15, -0.1) is 11.8 Å². The average molecular weight is 476 g/mol. The summed E-state index contributed by atoms with van der Waals surface area (Å²) in [5, 5.41) is 8.78. The second-order valence-corrected chi connectivity index (χ2v) is 9.77. The van der Waals surface area contributed by atoms with Crippen LogP contribution in [0.25, 0.3) is 0 Å². The molecule has 1 aliphatic rings. The number of fused-ring (bicyclic) bond motifs is 1. The van der Waals surface area contributed by atoms with Crippen LogP contribution < -0.4 is 9.64 Å². The molecule has 3 rings (SSSR count). The van der Waals surface area contributed by atoms with Crippen LogP contribution in [0.5, 0.6) is 5.75 Å². The number of hydrogen-bond acceptors (Lipinski definition) is 5. The van der Waals surface area contributed by atoms with E-state index in [1.54, 1.807) is 6.07 Å².